The third-order valence-corrected chi connectivity index (χ3v) is 5.29. The van der Waals surface area contributed by atoms with Gasteiger partial charge in [0.1, 0.15) is 5.69 Å². The molecule has 1 N–H and O–H groups in total. The van der Waals surface area contributed by atoms with Crippen molar-refractivity contribution in [2.75, 3.05) is 5.32 Å². The minimum Gasteiger partial charge on any atom is -0.350 e. The van der Waals surface area contributed by atoms with Crippen LogP contribution in [-0.4, -0.2) is 16.0 Å². The molecule has 3 aromatic carbocycles. The first-order valence-electron chi connectivity index (χ1n) is 9.66. The number of nitrogens with one attached hydrogen (secondary N) is 1. The topological polar surface area (TPSA) is 68.0 Å². The Kier molecular flexibility index (Phi) is 4.94. The Hall–Kier alpha value is -3.96. The van der Waals surface area contributed by atoms with Gasteiger partial charge in [-0.2, -0.15) is 0 Å². The van der Waals surface area contributed by atoms with E-state index in [1.54, 1.807) is 24.4 Å². The molecule has 5 aromatic rings. The largest absolute Gasteiger partial charge is 0.350 e. The number of amides is 1. The molecule has 0 saturated heterocycles. The Morgan fingerprint density at radius 2 is 1.71 bits per heavy atom. The summed E-state index contributed by atoms with van der Waals surface area (Å²) in [5.41, 5.74) is 3.55. The summed E-state index contributed by atoms with van der Waals surface area (Å²) >= 11 is 6.47. The molecule has 0 aliphatic heterocycles. The number of nitrogens with zero attached hydrogens (tertiary/aromatic N) is 2. The molecule has 6 heteroatoms. The fourth-order valence-corrected chi connectivity index (χ4v) is 3.65. The molecular formula is C25H16ClN3O2. The summed E-state index contributed by atoms with van der Waals surface area (Å²) in [5.74, 6) is -0.271. The van der Waals surface area contributed by atoms with E-state index in [1.807, 2.05) is 66.7 Å². The van der Waals surface area contributed by atoms with E-state index in [2.05, 4.69) is 15.5 Å². The zero-order chi connectivity index (χ0) is 21.2. The summed E-state index contributed by atoms with van der Waals surface area (Å²) in [4.78, 5) is 17.2. The van der Waals surface area contributed by atoms with Gasteiger partial charge in [0.05, 0.1) is 10.7 Å². The normalized spacial score (nSPS) is 10.9. The molecule has 0 bridgehead atoms. The van der Waals surface area contributed by atoms with Crippen LogP contribution >= 0.6 is 11.6 Å². The molecule has 0 saturated carbocycles. The molecule has 0 unspecified atom stereocenters. The van der Waals surface area contributed by atoms with E-state index < -0.39 is 5.91 Å². The van der Waals surface area contributed by atoms with Crippen LogP contribution in [0.5, 0.6) is 0 Å². The van der Waals surface area contributed by atoms with Gasteiger partial charge in [-0.25, -0.2) is 0 Å². The standard InChI is InChI=1S/C25H16ClN3O2/c26-21-11-10-18(14-20(21)24-19-9-5-4-6-16(19)12-13-27-24)28-25(30)23-15-22(29-31-23)17-7-2-1-3-8-17/h1-15H,(H,28,30). The highest BCUT2D eigenvalue weighted by atomic mass is 35.5. The molecule has 0 fully saturated rings. The van der Waals surface area contributed by atoms with E-state index in [-0.39, 0.29) is 5.76 Å². The number of anilines is 1. The number of aromatic nitrogens is 2. The van der Waals surface area contributed by atoms with Crippen LogP contribution in [0.4, 0.5) is 5.69 Å². The number of carbonyl (C=O) groups is 1. The van der Waals surface area contributed by atoms with Gasteiger partial charge in [-0.1, -0.05) is 71.4 Å². The van der Waals surface area contributed by atoms with Crippen LogP contribution in [0.25, 0.3) is 33.3 Å². The Labute approximate surface area is 183 Å². The monoisotopic (exact) mass is 425 g/mol. The molecule has 2 heterocycles. The summed E-state index contributed by atoms with van der Waals surface area (Å²) in [7, 11) is 0. The van der Waals surface area contributed by atoms with Crippen molar-refractivity contribution < 1.29 is 9.32 Å². The number of rotatable bonds is 4. The van der Waals surface area contributed by atoms with E-state index in [0.29, 0.717) is 16.4 Å². The molecule has 0 aliphatic carbocycles. The molecule has 1 amide bonds. The lowest BCUT2D eigenvalue weighted by atomic mass is 10.0. The first-order chi connectivity index (χ1) is 15.2. The van der Waals surface area contributed by atoms with E-state index >= 15 is 0 Å². The van der Waals surface area contributed by atoms with Crippen LogP contribution in [0.2, 0.25) is 5.02 Å². The molecule has 5 rings (SSSR count). The molecule has 0 spiro atoms. The van der Waals surface area contributed by atoms with Crippen LogP contribution in [0.3, 0.4) is 0 Å². The fourth-order valence-electron chi connectivity index (χ4n) is 3.44. The van der Waals surface area contributed by atoms with Gasteiger partial charge in [0.2, 0.25) is 5.76 Å². The van der Waals surface area contributed by atoms with Crippen molar-refractivity contribution >= 4 is 34.0 Å². The van der Waals surface area contributed by atoms with Crippen molar-refractivity contribution in [3.05, 3.63) is 102 Å². The maximum Gasteiger partial charge on any atom is 0.294 e. The first kappa shape index (κ1) is 19.0. The zero-order valence-corrected chi connectivity index (χ0v) is 17.0. The lowest BCUT2D eigenvalue weighted by molar-refractivity contribution is 0.0988. The third kappa shape index (κ3) is 3.79. The van der Waals surface area contributed by atoms with E-state index in [0.717, 1.165) is 27.6 Å². The summed E-state index contributed by atoms with van der Waals surface area (Å²) in [5, 5.41) is 9.44. The molecule has 0 radical (unpaired) electrons. The minimum atomic E-state index is -0.395. The lowest BCUT2D eigenvalue weighted by Gasteiger charge is -2.10. The SMILES string of the molecule is O=C(Nc1ccc(Cl)c(-c2nccc3ccccc23)c1)c1cc(-c2ccccc2)no1. The Morgan fingerprint density at radius 1 is 0.903 bits per heavy atom. The second kappa shape index (κ2) is 8.05. The first-order valence-corrected chi connectivity index (χ1v) is 10.0. The van der Waals surface area contributed by atoms with Crippen molar-refractivity contribution in [3.63, 3.8) is 0 Å². The number of pyridine rings is 1. The van der Waals surface area contributed by atoms with Crippen LogP contribution in [0.1, 0.15) is 10.6 Å². The lowest BCUT2D eigenvalue weighted by Crippen LogP contribution is -2.11. The van der Waals surface area contributed by atoms with Gasteiger partial charge in [0.15, 0.2) is 0 Å². The number of hydrogen-bond acceptors (Lipinski definition) is 4. The zero-order valence-electron chi connectivity index (χ0n) is 16.2. The predicted molar refractivity (Wildman–Crippen MR) is 122 cm³/mol. The molecule has 2 aromatic heterocycles. The second-order valence-corrected chi connectivity index (χ2v) is 7.38. The van der Waals surface area contributed by atoms with Gasteiger partial charge in [-0.3, -0.25) is 9.78 Å². The van der Waals surface area contributed by atoms with Gasteiger partial charge in [0, 0.05) is 34.5 Å². The van der Waals surface area contributed by atoms with E-state index in [4.69, 9.17) is 16.1 Å². The van der Waals surface area contributed by atoms with Gasteiger partial charge < -0.3 is 9.84 Å². The number of hydrogen-bond donors (Lipinski definition) is 1. The summed E-state index contributed by atoms with van der Waals surface area (Å²) in [6, 6.07) is 26.4. The molecular weight excluding hydrogens is 410 g/mol. The van der Waals surface area contributed by atoms with Crippen LogP contribution in [0.15, 0.2) is 95.6 Å². The Bertz CT molecular complexity index is 1390. The van der Waals surface area contributed by atoms with Crippen molar-refractivity contribution in [2.45, 2.75) is 0 Å². The van der Waals surface area contributed by atoms with Gasteiger partial charge in [-0.05, 0) is 29.7 Å². The fraction of sp³-hybridized carbons (Fsp3) is 0. The van der Waals surface area contributed by atoms with E-state index in [9.17, 15) is 4.79 Å². The van der Waals surface area contributed by atoms with Gasteiger partial charge >= 0.3 is 0 Å². The molecule has 31 heavy (non-hydrogen) atoms. The van der Waals surface area contributed by atoms with Crippen LogP contribution in [0, 0.1) is 0 Å². The highest BCUT2D eigenvalue weighted by Gasteiger charge is 2.16. The molecule has 5 nitrogen and oxygen atoms in total. The maximum absolute atomic E-state index is 12.7. The minimum absolute atomic E-state index is 0.124. The average molecular weight is 426 g/mol. The van der Waals surface area contributed by atoms with Gasteiger partial charge in [-0.15, -0.1) is 0 Å². The summed E-state index contributed by atoms with van der Waals surface area (Å²) < 4.78 is 5.25. The number of fused-ring (bicyclic) bond motifs is 1. The smallest absolute Gasteiger partial charge is 0.294 e. The Morgan fingerprint density at radius 3 is 2.58 bits per heavy atom. The second-order valence-electron chi connectivity index (χ2n) is 6.97. The van der Waals surface area contributed by atoms with Crippen molar-refractivity contribution in [1.29, 1.82) is 0 Å². The third-order valence-electron chi connectivity index (χ3n) is 4.96. The number of benzene rings is 3. The maximum atomic E-state index is 12.7. The number of halogens is 1. The molecule has 0 aliphatic rings. The van der Waals surface area contributed by atoms with Gasteiger partial charge in [0.25, 0.3) is 5.91 Å². The quantitative estimate of drug-likeness (QED) is 0.358. The molecule has 150 valence electrons. The summed E-state index contributed by atoms with van der Waals surface area (Å²) in [6.07, 6.45) is 1.75. The van der Waals surface area contributed by atoms with Crippen molar-refractivity contribution in [2.24, 2.45) is 0 Å². The van der Waals surface area contributed by atoms with E-state index in [1.165, 1.54) is 0 Å². The predicted octanol–water partition coefficient (Wildman–Crippen LogP) is 6.46. The highest BCUT2D eigenvalue weighted by Crippen LogP contribution is 2.34. The van der Waals surface area contributed by atoms with Crippen LogP contribution in [-0.2, 0) is 0 Å². The molecule has 0 atom stereocenters. The average Bonchev–Trinajstić information content (AvgIpc) is 3.31. The number of carbonyl (C=O) groups excluding carboxylic acids is 1. The van der Waals surface area contributed by atoms with Crippen LogP contribution < -0.4 is 5.32 Å². The Balaban J connectivity index is 1.45. The summed E-state index contributed by atoms with van der Waals surface area (Å²) in [6.45, 7) is 0. The van der Waals surface area contributed by atoms with Crippen molar-refractivity contribution in [3.8, 4) is 22.5 Å². The van der Waals surface area contributed by atoms with Crippen molar-refractivity contribution in [1.82, 2.24) is 10.1 Å². The highest BCUT2D eigenvalue weighted by molar-refractivity contribution is 6.33.